The molecule has 0 amide bonds. The topological polar surface area (TPSA) is 43.1 Å². The van der Waals surface area contributed by atoms with E-state index in [-0.39, 0.29) is 0 Å². The molecule has 1 aliphatic heterocycles. The minimum absolute atomic E-state index is 0.653. The first-order valence-corrected chi connectivity index (χ1v) is 8.47. The van der Waals surface area contributed by atoms with Gasteiger partial charge in [0.1, 0.15) is 4.38 Å². The molecule has 92 valence electrons. The SMILES string of the molecule is CSc1nc(N=C2SCS2)n(-c2ccccc2)n1. The molecule has 3 rings (SSSR count). The fourth-order valence-corrected chi connectivity index (χ4v) is 2.97. The normalized spacial score (nSPS) is 14.4. The molecule has 1 aliphatic rings. The molecule has 1 aromatic heterocycles. The minimum Gasteiger partial charge on any atom is -0.197 e. The van der Waals surface area contributed by atoms with E-state index >= 15 is 0 Å². The second-order valence-corrected chi connectivity index (χ2v) is 6.76. The summed E-state index contributed by atoms with van der Waals surface area (Å²) >= 11 is 5.02. The molecule has 1 fully saturated rings. The highest BCUT2D eigenvalue weighted by Crippen LogP contribution is 2.35. The van der Waals surface area contributed by atoms with Crippen LogP contribution in [0.25, 0.3) is 5.69 Å². The van der Waals surface area contributed by atoms with Crippen LogP contribution in [0.1, 0.15) is 0 Å². The van der Waals surface area contributed by atoms with Gasteiger partial charge >= 0.3 is 0 Å². The van der Waals surface area contributed by atoms with Gasteiger partial charge in [0, 0.05) is 0 Å². The van der Waals surface area contributed by atoms with E-state index < -0.39 is 0 Å². The average molecular weight is 294 g/mol. The fraction of sp³-hybridized carbons (Fsp3) is 0.182. The van der Waals surface area contributed by atoms with E-state index in [1.165, 1.54) is 11.8 Å². The predicted octanol–water partition coefficient (Wildman–Crippen LogP) is 3.41. The third kappa shape index (κ3) is 2.43. The zero-order chi connectivity index (χ0) is 12.4. The molecule has 0 unspecified atom stereocenters. The zero-order valence-corrected chi connectivity index (χ0v) is 12.1. The highest BCUT2D eigenvalue weighted by Gasteiger charge is 2.16. The molecular formula is C11H10N4S3. The van der Waals surface area contributed by atoms with E-state index in [0.29, 0.717) is 5.95 Å². The molecule has 0 N–H and O–H groups in total. The summed E-state index contributed by atoms with van der Waals surface area (Å²) < 4.78 is 2.85. The Labute approximate surface area is 118 Å². The largest absolute Gasteiger partial charge is 0.255 e. The quantitative estimate of drug-likeness (QED) is 0.812. The van der Waals surface area contributed by atoms with Crippen LogP contribution in [0.5, 0.6) is 0 Å². The molecular weight excluding hydrogens is 284 g/mol. The summed E-state index contributed by atoms with van der Waals surface area (Å²) in [6, 6.07) is 9.96. The predicted molar refractivity (Wildman–Crippen MR) is 80.3 cm³/mol. The lowest BCUT2D eigenvalue weighted by Gasteiger charge is -2.12. The van der Waals surface area contributed by atoms with Crippen molar-refractivity contribution in [1.29, 1.82) is 0 Å². The van der Waals surface area contributed by atoms with Crippen molar-refractivity contribution in [2.45, 2.75) is 5.16 Å². The lowest BCUT2D eigenvalue weighted by atomic mass is 10.3. The zero-order valence-electron chi connectivity index (χ0n) is 9.61. The molecule has 0 aliphatic carbocycles. The second kappa shape index (κ2) is 5.38. The van der Waals surface area contributed by atoms with Gasteiger partial charge in [-0.1, -0.05) is 53.5 Å². The molecule has 0 radical (unpaired) electrons. The second-order valence-electron chi connectivity index (χ2n) is 3.43. The third-order valence-corrected chi connectivity index (χ3v) is 5.17. The van der Waals surface area contributed by atoms with Crippen LogP contribution < -0.4 is 0 Å². The Morgan fingerprint density at radius 3 is 2.67 bits per heavy atom. The van der Waals surface area contributed by atoms with Gasteiger partial charge in [-0.25, -0.2) is 0 Å². The van der Waals surface area contributed by atoms with E-state index in [4.69, 9.17) is 0 Å². The summed E-state index contributed by atoms with van der Waals surface area (Å²) in [4.78, 5) is 8.96. The maximum absolute atomic E-state index is 4.53. The first kappa shape index (κ1) is 12.1. The minimum atomic E-state index is 0.653. The fourth-order valence-electron chi connectivity index (χ4n) is 1.44. The van der Waals surface area contributed by atoms with Gasteiger partial charge in [0.15, 0.2) is 0 Å². The molecule has 0 spiro atoms. The Morgan fingerprint density at radius 1 is 1.28 bits per heavy atom. The molecule has 7 heteroatoms. The van der Waals surface area contributed by atoms with Gasteiger partial charge < -0.3 is 0 Å². The van der Waals surface area contributed by atoms with E-state index in [9.17, 15) is 0 Å². The molecule has 0 saturated carbocycles. The number of aromatic nitrogens is 3. The van der Waals surface area contributed by atoms with Crippen molar-refractivity contribution >= 4 is 45.6 Å². The van der Waals surface area contributed by atoms with Crippen molar-refractivity contribution in [3.8, 4) is 5.69 Å². The van der Waals surface area contributed by atoms with Gasteiger partial charge in [-0.2, -0.15) is 14.7 Å². The molecule has 2 heterocycles. The molecule has 0 atom stereocenters. The molecule has 18 heavy (non-hydrogen) atoms. The number of thioether (sulfide) groups is 3. The number of hydrogen-bond donors (Lipinski definition) is 0. The summed E-state index contributed by atoms with van der Waals surface area (Å²) in [5.41, 5.74) is 0.985. The van der Waals surface area contributed by atoms with E-state index in [1.54, 1.807) is 28.2 Å². The lowest BCUT2D eigenvalue weighted by Crippen LogP contribution is -2.00. The molecule has 2 aromatic rings. The molecule has 1 saturated heterocycles. The number of benzene rings is 1. The average Bonchev–Trinajstić information content (AvgIpc) is 2.78. The van der Waals surface area contributed by atoms with E-state index in [2.05, 4.69) is 15.1 Å². The van der Waals surface area contributed by atoms with Crippen LogP contribution in [0.4, 0.5) is 5.95 Å². The van der Waals surface area contributed by atoms with Crippen LogP contribution in [0, 0.1) is 0 Å². The van der Waals surface area contributed by atoms with Gasteiger partial charge in [0.2, 0.25) is 5.16 Å². The Morgan fingerprint density at radius 2 is 2.06 bits per heavy atom. The van der Waals surface area contributed by atoms with Crippen molar-refractivity contribution in [1.82, 2.24) is 14.8 Å². The Bertz CT molecular complexity index is 573. The number of para-hydroxylation sites is 1. The van der Waals surface area contributed by atoms with E-state index in [1.807, 2.05) is 36.6 Å². The van der Waals surface area contributed by atoms with Crippen LogP contribution in [0.2, 0.25) is 0 Å². The molecule has 1 aromatic carbocycles. The summed E-state index contributed by atoms with van der Waals surface area (Å²) in [7, 11) is 0. The van der Waals surface area contributed by atoms with Gasteiger partial charge in [-0.3, -0.25) is 0 Å². The highest BCUT2D eigenvalue weighted by atomic mass is 32.3. The van der Waals surface area contributed by atoms with Gasteiger partial charge in [-0.15, -0.1) is 5.10 Å². The number of aliphatic imine (C=N–C) groups is 1. The van der Waals surface area contributed by atoms with Crippen molar-refractivity contribution in [3.63, 3.8) is 0 Å². The van der Waals surface area contributed by atoms with Crippen molar-refractivity contribution in [3.05, 3.63) is 30.3 Å². The van der Waals surface area contributed by atoms with Crippen molar-refractivity contribution in [2.75, 3.05) is 11.3 Å². The van der Waals surface area contributed by atoms with Crippen molar-refractivity contribution < 1.29 is 0 Å². The molecule has 0 bridgehead atoms. The highest BCUT2D eigenvalue weighted by molar-refractivity contribution is 8.52. The van der Waals surface area contributed by atoms with Crippen LogP contribution in [-0.4, -0.2) is 30.5 Å². The number of nitrogens with zero attached hydrogens (tertiary/aromatic N) is 4. The Hall–Kier alpha value is -0.920. The lowest BCUT2D eigenvalue weighted by molar-refractivity contribution is 0.836. The molecule has 4 nitrogen and oxygen atoms in total. The van der Waals surface area contributed by atoms with Crippen LogP contribution >= 0.6 is 35.3 Å². The third-order valence-electron chi connectivity index (χ3n) is 2.31. The van der Waals surface area contributed by atoms with Gasteiger partial charge in [0.05, 0.1) is 10.8 Å². The van der Waals surface area contributed by atoms with Gasteiger partial charge in [-0.05, 0) is 18.4 Å². The maximum Gasteiger partial charge on any atom is 0.255 e. The Balaban J connectivity index is 2.04. The summed E-state index contributed by atoms with van der Waals surface area (Å²) in [5, 5.41) is 6.27. The number of hydrogen-bond acceptors (Lipinski definition) is 6. The maximum atomic E-state index is 4.53. The monoisotopic (exact) mass is 294 g/mol. The van der Waals surface area contributed by atoms with E-state index in [0.717, 1.165) is 20.3 Å². The standard InChI is InChI=1S/C11H10N4S3/c1-16-10-12-9(13-11-17-7-18-11)15(14-10)8-5-3-2-4-6-8/h2-6H,7H2,1H3. The summed E-state index contributed by atoms with van der Waals surface area (Å²) in [6.45, 7) is 0. The number of rotatable bonds is 3. The van der Waals surface area contributed by atoms with Crippen LogP contribution in [0.15, 0.2) is 40.5 Å². The van der Waals surface area contributed by atoms with Crippen LogP contribution in [0.3, 0.4) is 0 Å². The smallest absolute Gasteiger partial charge is 0.197 e. The Kier molecular flexibility index (Phi) is 3.62. The van der Waals surface area contributed by atoms with Crippen molar-refractivity contribution in [2.24, 2.45) is 4.99 Å². The van der Waals surface area contributed by atoms with Gasteiger partial charge in [0.25, 0.3) is 5.95 Å². The first-order chi connectivity index (χ1) is 8.86. The summed E-state index contributed by atoms with van der Waals surface area (Å²) in [5.74, 6) is 0.653. The first-order valence-electron chi connectivity index (χ1n) is 5.27. The summed E-state index contributed by atoms with van der Waals surface area (Å²) in [6.07, 6.45) is 1.97. The van der Waals surface area contributed by atoms with Crippen LogP contribution in [-0.2, 0) is 0 Å².